The SMILES string of the molecule is CCNC1c2ccccc2CCCC1S(=O)(=O)CCOC. The van der Waals surface area contributed by atoms with Gasteiger partial charge in [-0.2, -0.15) is 0 Å². The number of hydrogen-bond donors (Lipinski definition) is 1. The molecular formula is C16H25NO3S. The van der Waals surface area contributed by atoms with E-state index < -0.39 is 9.84 Å². The van der Waals surface area contributed by atoms with Crippen molar-refractivity contribution in [1.29, 1.82) is 0 Å². The smallest absolute Gasteiger partial charge is 0.157 e. The largest absolute Gasteiger partial charge is 0.384 e. The standard InChI is InChI=1S/C16H25NO3S/c1-3-17-16-14-9-5-4-7-13(14)8-6-10-15(16)21(18,19)12-11-20-2/h4-5,7,9,15-17H,3,6,8,10-12H2,1-2H3. The highest BCUT2D eigenvalue weighted by Gasteiger charge is 2.35. The van der Waals surface area contributed by atoms with Crippen molar-refractivity contribution in [1.82, 2.24) is 5.32 Å². The van der Waals surface area contributed by atoms with Gasteiger partial charge in [-0.05, 0) is 36.9 Å². The Kier molecular flexibility index (Phi) is 5.79. The van der Waals surface area contributed by atoms with Crippen LogP contribution in [-0.2, 0) is 21.0 Å². The second-order valence-corrected chi connectivity index (χ2v) is 7.86. The zero-order valence-corrected chi connectivity index (χ0v) is 13.7. The van der Waals surface area contributed by atoms with Crippen LogP contribution in [0.15, 0.2) is 24.3 Å². The molecule has 1 aromatic carbocycles. The summed E-state index contributed by atoms with van der Waals surface area (Å²) in [5, 5.41) is 3.03. The van der Waals surface area contributed by atoms with Gasteiger partial charge in [0.2, 0.25) is 0 Å². The molecular weight excluding hydrogens is 286 g/mol. The predicted molar refractivity (Wildman–Crippen MR) is 85.2 cm³/mol. The Morgan fingerprint density at radius 3 is 2.81 bits per heavy atom. The van der Waals surface area contributed by atoms with E-state index in [4.69, 9.17) is 4.74 Å². The van der Waals surface area contributed by atoms with Crippen LogP contribution in [0.5, 0.6) is 0 Å². The number of nitrogens with one attached hydrogen (secondary N) is 1. The lowest BCUT2D eigenvalue weighted by atomic mass is 9.99. The summed E-state index contributed by atoms with van der Waals surface area (Å²) in [7, 11) is -1.63. The minimum absolute atomic E-state index is 0.0955. The number of hydrogen-bond acceptors (Lipinski definition) is 4. The Morgan fingerprint density at radius 2 is 2.10 bits per heavy atom. The lowest BCUT2D eigenvalue weighted by Crippen LogP contribution is -2.38. The molecule has 0 amide bonds. The molecule has 0 fully saturated rings. The Hall–Kier alpha value is -0.910. The first-order chi connectivity index (χ1) is 10.1. The molecule has 4 nitrogen and oxygen atoms in total. The van der Waals surface area contributed by atoms with Crippen molar-refractivity contribution in [3.8, 4) is 0 Å². The van der Waals surface area contributed by atoms with Crippen molar-refractivity contribution in [2.24, 2.45) is 0 Å². The van der Waals surface area contributed by atoms with E-state index in [1.165, 1.54) is 5.56 Å². The van der Waals surface area contributed by atoms with E-state index in [9.17, 15) is 8.42 Å². The van der Waals surface area contributed by atoms with Crippen LogP contribution in [0.25, 0.3) is 0 Å². The van der Waals surface area contributed by atoms with E-state index in [1.807, 2.05) is 19.1 Å². The number of fused-ring (bicyclic) bond motifs is 1. The second kappa shape index (κ2) is 7.38. The molecule has 5 heteroatoms. The zero-order valence-electron chi connectivity index (χ0n) is 12.8. The number of sulfone groups is 1. The van der Waals surface area contributed by atoms with Gasteiger partial charge in [0.05, 0.1) is 17.6 Å². The molecule has 0 saturated heterocycles. The van der Waals surface area contributed by atoms with Crippen LogP contribution in [0.4, 0.5) is 0 Å². The molecule has 1 aliphatic carbocycles. The van der Waals surface area contributed by atoms with Crippen LogP contribution in [0.3, 0.4) is 0 Å². The third kappa shape index (κ3) is 3.84. The molecule has 0 spiro atoms. The van der Waals surface area contributed by atoms with Gasteiger partial charge in [-0.1, -0.05) is 31.2 Å². The van der Waals surface area contributed by atoms with Gasteiger partial charge in [0.25, 0.3) is 0 Å². The molecule has 2 rings (SSSR count). The molecule has 118 valence electrons. The highest BCUT2D eigenvalue weighted by Crippen LogP contribution is 2.33. The van der Waals surface area contributed by atoms with Crippen LogP contribution in [0, 0.1) is 0 Å². The van der Waals surface area contributed by atoms with E-state index in [0.29, 0.717) is 6.42 Å². The summed E-state index contributed by atoms with van der Waals surface area (Å²) in [4.78, 5) is 0. The lowest BCUT2D eigenvalue weighted by Gasteiger charge is -2.27. The minimum atomic E-state index is -3.17. The molecule has 0 aliphatic heterocycles. The van der Waals surface area contributed by atoms with Gasteiger partial charge in [-0.25, -0.2) is 8.42 Å². The summed E-state index contributed by atoms with van der Waals surface area (Å²) in [6, 6.07) is 8.08. The number of ether oxygens (including phenoxy) is 1. The first kappa shape index (κ1) is 16.5. The number of benzene rings is 1. The minimum Gasteiger partial charge on any atom is -0.384 e. The molecule has 21 heavy (non-hydrogen) atoms. The predicted octanol–water partition coefficient (Wildman–Crippen LogP) is 2.10. The maximum Gasteiger partial charge on any atom is 0.157 e. The fourth-order valence-electron chi connectivity index (χ4n) is 3.12. The number of methoxy groups -OCH3 is 1. The molecule has 0 saturated carbocycles. The summed E-state index contributed by atoms with van der Waals surface area (Å²) in [5.41, 5.74) is 2.41. The maximum absolute atomic E-state index is 12.7. The molecule has 2 atom stereocenters. The number of aryl methyl sites for hydroxylation is 1. The molecule has 2 unspecified atom stereocenters. The Labute approximate surface area is 127 Å². The van der Waals surface area contributed by atoms with Gasteiger partial charge >= 0.3 is 0 Å². The third-order valence-electron chi connectivity index (χ3n) is 4.15. The fraction of sp³-hybridized carbons (Fsp3) is 0.625. The lowest BCUT2D eigenvalue weighted by molar-refractivity contribution is 0.216. The fourth-order valence-corrected chi connectivity index (χ4v) is 5.01. The second-order valence-electron chi connectivity index (χ2n) is 5.52. The summed E-state index contributed by atoms with van der Waals surface area (Å²) in [6.45, 7) is 3.04. The number of rotatable bonds is 6. The van der Waals surface area contributed by atoms with Crippen LogP contribution < -0.4 is 5.32 Å². The van der Waals surface area contributed by atoms with Gasteiger partial charge in [-0.15, -0.1) is 0 Å². The molecule has 0 radical (unpaired) electrons. The van der Waals surface area contributed by atoms with Crippen molar-refractivity contribution in [3.63, 3.8) is 0 Å². The molecule has 1 aromatic rings. The summed E-state index contributed by atoms with van der Waals surface area (Å²) in [6.07, 6.45) is 2.57. The average Bonchev–Trinajstić information content (AvgIpc) is 2.66. The summed E-state index contributed by atoms with van der Waals surface area (Å²) < 4.78 is 30.3. The van der Waals surface area contributed by atoms with E-state index in [0.717, 1.165) is 24.9 Å². The zero-order chi connectivity index (χ0) is 15.3. The summed E-state index contributed by atoms with van der Waals surface area (Å²) in [5.74, 6) is 0.0955. The van der Waals surface area contributed by atoms with Crippen LogP contribution >= 0.6 is 0 Å². The molecule has 0 aromatic heterocycles. The van der Waals surface area contributed by atoms with Crippen molar-refractivity contribution >= 4 is 9.84 Å². The highest BCUT2D eigenvalue weighted by molar-refractivity contribution is 7.92. The van der Waals surface area contributed by atoms with E-state index in [-0.39, 0.29) is 23.7 Å². The Balaban J connectivity index is 2.36. The monoisotopic (exact) mass is 311 g/mol. The van der Waals surface area contributed by atoms with Crippen molar-refractivity contribution in [2.75, 3.05) is 26.0 Å². The van der Waals surface area contributed by atoms with Gasteiger partial charge in [0.15, 0.2) is 9.84 Å². The Morgan fingerprint density at radius 1 is 1.33 bits per heavy atom. The molecule has 0 bridgehead atoms. The maximum atomic E-state index is 12.7. The van der Waals surface area contributed by atoms with Crippen LogP contribution in [0.2, 0.25) is 0 Å². The first-order valence-corrected chi connectivity index (χ1v) is 9.33. The van der Waals surface area contributed by atoms with Gasteiger partial charge in [0.1, 0.15) is 0 Å². The van der Waals surface area contributed by atoms with Crippen molar-refractivity contribution in [3.05, 3.63) is 35.4 Å². The van der Waals surface area contributed by atoms with E-state index in [1.54, 1.807) is 7.11 Å². The topological polar surface area (TPSA) is 55.4 Å². The Bertz CT molecular complexity index is 556. The van der Waals surface area contributed by atoms with Crippen LogP contribution in [-0.4, -0.2) is 39.7 Å². The molecule has 1 N–H and O–H groups in total. The third-order valence-corrected chi connectivity index (χ3v) is 6.32. The normalized spacial score (nSPS) is 22.6. The quantitative estimate of drug-likeness (QED) is 0.818. The highest BCUT2D eigenvalue weighted by atomic mass is 32.2. The van der Waals surface area contributed by atoms with Crippen LogP contribution in [0.1, 0.15) is 36.9 Å². The average molecular weight is 311 g/mol. The van der Waals surface area contributed by atoms with Crippen molar-refractivity contribution < 1.29 is 13.2 Å². The molecule has 0 heterocycles. The van der Waals surface area contributed by atoms with Gasteiger partial charge in [-0.3, -0.25) is 0 Å². The van der Waals surface area contributed by atoms with Gasteiger partial charge in [0, 0.05) is 13.2 Å². The molecule has 1 aliphatic rings. The van der Waals surface area contributed by atoms with E-state index in [2.05, 4.69) is 17.4 Å². The van der Waals surface area contributed by atoms with E-state index >= 15 is 0 Å². The van der Waals surface area contributed by atoms with Crippen molar-refractivity contribution in [2.45, 2.75) is 37.5 Å². The summed E-state index contributed by atoms with van der Waals surface area (Å²) >= 11 is 0. The first-order valence-electron chi connectivity index (χ1n) is 7.62. The van der Waals surface area contributed by atoms with Gasteiger partial charge < -0.3 is 10.1 Å².